The Kier molecular flexibility index (Phi) is 4.09. The van der Waals surface area contributed by atoms with Crippen molar-refractivity contribution in [2.45, 2.75) is 19.8 Å². The normalized spacial score (nSPS) is 11.1. The topological polar surface area (TPSA) is 68.9 Å². The smallest absolute Gasteiger partial charge is 0.150 e. The van der Waals surface area contributed by atoms with E-state index in [-0.39, 0.29) is 0 Å². The molecule has 4 rings (SSSR count). The number of aldehydes is 1. The lowest BCUT2D eigenvalue weighted by atomic mass is 10.0. The number of carbonyl (C=O) groups is 1. The van der Waals surface area contributed by atoms with Crippen LogP contribution in [0.1, 0.15) is 27.0 Å². The molecule has 4 heteroatoms. The van der Waals surface area contributed by atoms with Crippen molar-refractivity contribution in [3.05, 3.63) is 77.0 Å². The van der Waals surface area contributed by atoms with Crippen molar-refractivity contribution in [2.75, 3.05) is 5.73 Å². The van der Waals surface area contributed by atoms with E-state index in [0.29, 0.717) is 11.4 Å². The zero-order valence-electron chi connectivity index (χ0n) is 14.6. The standard InChI is InChI=1S/C22H19N3O/c1-14-2-9-18-19-11-17(8-5-15-3-6-16(13-26)7-4-15)12-24-21(19)22(23)25-20(18)10-14/h2-4,6-7,9-13H,5,8H2,1H3,(H2,23,25). The highest BCUT2D eigenvalue weighted by Gasteiger charge is 2.09. The Morgan fingerprint density at radius 3 is 2.50 bits per heavy atom. The van der Waals surface area contributed by atoms with Gasteiger partial charge in [-0.15, -0.1) is 0 Å². The minimum absolute atomic E-state index is 0.467. The fourth-order valence-corrected chi connectivity index (χ4v) is 3.25. The van der Waals surface area contributed by atoms with Crippen molar-refractivity contribution in [3.8, 4) is 0 Å². The van der Waals surface area contributed by atoms with Gasteiger partial charge in [0, 0.05) is 22.5 Å². The molecule has 2 aromatic carbocycles. The van der Waals surface area contributed by atoms with Gasteiger partial charge in [-0.3, -0.25) is 9.78 Å². The molecule has 4 aromatic rings. The van der Waals surface area contributed by atoms with Gasteiger partial charge in [0.1, 0.15) is 11.8 Å². The molecule has 0 amide bonds. The van der Waals surface area contributed by atoms with E-state index < -0.39 is 0 Å². The zero-order valence-corrected chi connectivity index (χ0v) is 14.6. The SMILES string of the molecule is Cc1ccc2c(c1)nc(N)c1ncc(CCc3ccc(C=O)cc3)cc12. The first-order valence-electron chi connectivity index (χ1n) is 8.62. The Morgan fingerprint density at radius 2 is 1.73 bits per heavy atom. The predicted molar refractivity (Wildman–Crippen MR) is 105 cm³/mol. The van der Waals surface area contributed by atoms with Crippen LogP contribution in [0.15, 0.2) is 54.7 Å². The average molecular weight is 341 g/mol. The summed E-state index contributed by atoms with van der Waals surface area (Å²) in [6.45, 7) is 2.05. The number of rotatable bonds is 4. The molecule has 128 valence electrons. The van der Waals surface area contributed by atoms with E-state index in [0.717, 1.165) is 52.1 Å². The molecule has 2 N–H and O–H groups in total. The molecule has 0 aliphatic carbocycles. The summed E-state index contributed by atoms with van der Waals surface area (Å²) in [7, 11) is 0. The quantitative estimate of drug-likeness (QED) is 0.444. The van der Waals surface area contributed by atoms with Crippen molar-refractivity contribution < 1.29 is 4.79 Å². The molecule has 4 nitrogen and oxygen atoms in total. The van der Waals surface area contributed by atoms with E-state index >= 15 is 0 Å². The molecule has 26 heavy (non-hydrogen) atoms. The van der Waals surface area contributed by atoms with Gasteiger partial charge in [-0.2, -0.15) is 0 Å². The summed E-state index contributed by atoms with van der Waals surface area (Å²) in [5.41, 5.74) is 12.0. The number of aryl methyl sites for hydroxylation is 3. The van der Waals surface area contributed by atoms with Crippen molar-refractivity contribution in [1.82, 2.24) is 9.97 Å². The number of hydrogen-bond donors (Lipinski definition) is 1. The van der Waals surface area contributed by atoms with Crippen LogP contribution >= 0.6 is 0 Å². The Labute approximate surface area is 151 Å². The number of anilines is 1. The third-order valence-electron chi connectivity index (χ3n) is 4.69. The summed E-state index contributed by atoms with van der Waals surface area (Å²) in [5, 5.41) is 2.12. The maximum Gasteiger partial charge on any atom is 0.150 e. The molecular formula is C22H19N3O. The Balaban J connectivity index is 1.69. The third kappa shape index (κ3) is 3.02. The summed E-state index contributed by atoms with van der Waals surface area (Å²) in [6, 6.07) is 16.1. The molecule has 0 saturated heterocycles. The molecule has 0 aliphatic heterocycles. The maximum atomic E-state index is 10.8. The van der Waals surface area contributed by atoms with Gasteiger partial charge in [-0.1, -0.05) is 36.4 Å². The van der Waals surface area contributed by atoms with Crippen molar-refractivity contribution in [2.24, 2.45) is 0 Å². The van der Waals surface area contributed by atoms with Crippen molar-refractivity contribution in [1.29, 1.82) is 0 Å². The number of pyridine rings is 2. The summed E-state index contributed by atoms with van der Waals surface area (Å²) in [5.74, 6) is 0.467. The second-order valence-corrected chi connectivity index (χ2v) is 6.62. The van der Waals surface area contributed by atoms with Crippen LogP contribution in [0.25, 0.3) is 21.8 Å². The number of aromatic nitrogens is 2. The van der Waals surface area contributed by atoms with Gasteiger partial charge in [-0.05, 0) is 48.6 Å². The Morgan fingerprint density at radius 1 is 0.962 bits per heavy atom. The average Bonchev–Trinajstić information content (AvgIpc) is 2.66. The molecule has 0 bridgehead atoms. The molecule has 0 atom stereocenters. The van der Waals surface area contributed by atoms with Gasteiger partial charge in [-0.25, -0.2) is 4.98 Å². The monoisotopic (exact) mass is 341 g/mol. The van der Waals surface area contributed by atoms with E-state index in [2.05, 4.69) is 28.2 Å². The van der Waals surface area contributed by atoms with Crippen LogP contribution in [0.2, 0.25) is 0 Å². The van der Waals surface area contributed by atoms with Gasteiger partial charge in [0.05, 0.1) is 5.52 Å². The zero-order chi connectivity index (χ0) is 18.1. The minimum Gasteiger partial charge on any atom is -0.382 e. The van der Waals surface area contributed by atoms with E-state index in [1.807, 2.05) is 43.5 Å². The summed E-state index contributed by atoms with van der Waals surface area (Å²) in [6.07, 6.45) is 4.51. The molecule has 2 heterocycles. The largest absolute Gasteiger partial charge is 0.382 e. The fraction of sp³-hybridized carbons (Fsp3) is 0.136. The lowest BCUT2D eigenvalue weighted by molar-refractivity contribution is 0.112. The van der Waals surface area contributed by atoms with Gasteiger partial charge in [0.25, 0.3) is 0 Å². The van der Waals surface area contributed by atoms with Crippen molar-refractivity contribution >= 4 is 33.9 Å². The number of benzene rings is 2. The molecule has 0 saturated carbocycles. The number of nitrogens with two attached hydrogens (primary N) is 1. The lowest BCUT2D eigenvalue weighted by Crippen LogP contribution is -1.98. The first-order valence-corrected chi connectivity index (χ1v) is 8.62. The number of nitrogen functional groups attached to an aromatic ring is 1. The van der Waals surface area contributed by atoms with Gasteiger partial charge in [0.2, 0.25) is 0 Å². The predicted octanol–water partition coefficient (Wildman–Crippen LogP) is 4.27. The summed E-state index contributed by atoms with van der Waals surface area (Å²) in [4.78, 5) is 19.8. The molecule has 0 aliphatic rings. The molecule has 0 fully saturated rings. The second kappa shape index (κ2) is 6.56. The van der Waals surface area contributed by atoms with Crippen LogP contribution in [0.5, 0.6) is 0 Å². The summed E-state index contributed by atoms with van der Waals surface area (Å²) < 4.78 is 0. The minimum atomic E-state index is 0.467. The third-order valence-corrected chi connectivity index (χ3v) is 4.69. The van der Waals surface area contributed by atoms with Gasteiger partial charge < -0.3 is 5.73 Å². The number of hydrogen-bond acceptors (Lipinski definition) is 4. The van der Waals surface area contributed by atoms with Gasteiger partial charge in [0.15, 0.2) is 5.82 Å². The first-order chi connectivity index (χ1) is 12.6. The summed E-state index contributed by atoms with van der Waals surface area (Å²) >= 11 is 0. The highest BCUT2D eigenvalue weighted by molar-refractivity contribution is 6.08. The lowest BCUT2D eigenvalue weighted by Gasteiger charge is -2.09. The van der Waals surface area contributed by atoms with E-state index in [1.54, 1.807) is 0 Å². The Hall–Kier alpha value is -3.27. The van der Waals surface area contributed by atoms with Crippen LogP contribution in [0.3, 0.4) is 0 Å². The number of fused-ring (bicyclic) bond motifs is 3. The molecule has 0 spiro atoms. The van der Waals surface area contributed by atoms with E-state index in [4.69, 9.17) is 5.73 Å². The van der Waals surface area contributed by atoms with Gasteiger partial charge >= 0.3 is 0 Å². The van der Waals surface area contributed by atoms with Crippen molar-refractivity contribution in [3.63, 3.8) is 0 Å². The highest BCUT2D eigenvalue weighted by atomic mass is 16.1. The molecule has 0 radical (unpaired) electrons. The van der Waals surface area contributed by atoms with Crippen LogP contribution in [0, 0.1) is 6.92 Å². The van der Waals surface area contributed by atoms with Crippen LogP contribution < -0.4 is 5.73 Å². The fourth-order valence-electron chi connectivity index (χ4n) is 3.25. The molecular weight excluding hydrogens is 322 g/mol. The number of nitrogens with zero attached hydrogens (tertiary/aromatic N) is 2. The second-order valence-electron chi connectivity index (χ2n) is 6.62. The van der Waals surface area contributed by atoms with E-state index in [9.17, 15) is 4.79 Å². The van der Waals surface area contributed by atoms with Crippen LogP contribution in [0.4, 0.5) is 5.82 Å². The van der Waals surface area contributed by atoms with Crippen LogP contribution in [-0.4, -0.2) is 16.3 Å². The first kappa shape index (κ1) is 16.2. The molecule has 2 aromatic heterocycles. The van der Waals surface area contributed by atoms with Crippen LogP contribution in [-0.2, 0) is 12.8 Å². The highest BCUT2D eigenvalue weighted by Crippen LogP contribution is 2.28. The van der Waals surface area contributed by atoms with E-state index in [1.165, 1.54) is 5.56 Å². The maximum absolute atomic E-state index is 10.8. The molecule has 0 unspecified atom stereocenters. The number of carbonyl (C=O) groups excluding carboxylic acids is 1. The Bertz CT molecular complexity index is 1120.